The third-order valence-electron chi connectivity index (χ3n) is 3.33. The zero-order valence-electron chi connectivity index (χ0n) is 12.1. The highest BCUT2D eigenvalue weighted by Gasteiger charge is 2.18. The topological polar surface area (TPSA) is 55.8 Å². The van der Waals surface area contributed by atoms with Gasteiger partial charge in [0.15, 0.2) is 6.61 Å². The molecule has 1 heterocycles. The van der Waals surface area contributed by atoms with Gasteiger partial charge in [0.2, 0.25) is 0 Å². The molecule has 0 saturated carbocycles. The Morgan fingerprint density at radius 3 is 2.67 bits per heavy atom. The van der Waals surface area contributed by atoms with Crippen LogP contribution in [0.25, 0.3) is 6.08 Å². The van der Waals surface area contributed by atoms with Gasteiger partial charge < -0.3 is 14.4 Å². The van der Waals surface area contributed by atoms with Crippen LogP contribution in [0.5, 0.6) is 5.75 Å². The first-order chi connectivity index (χ1) is 10.2. The van der Waals surface area contributed by atoms with Crippen LogP contribution in [0.15, 0.2) is 30.3 Å². The molecule has 5 heteroatoms. The Morgan fingerprint density at radius 2 is 1.95 bits per heavy atom. The number of esters is 1. The number of carbonyl (C=O) groups excluding carboxylic acids is 2. The molecule has 0 N–H and O–H groups in total. The van der Waals surface area contributed by atoms with Crippen LogP contribution in [0.3, 0.4) is 0 Å². The van der Waals surface area contributed by atoms with Gasteiger partial charge in [-0.3, -0.25) is 4.79 Å². The Hall–Kier alpha value is -2.30. The predicted octanol–water partition coefficient (Wildman–Crippen LogP) is 1.87. The molecule has 1 aliphatic rings. The van der Waals surface area contributed by atoms with Crippen molar-refractivity contribution >= 4 is 18.0 Å². The van der Waals surface area contributed by atoms with Crippen molar-refractivity contribution in [3.05, 3.63) is 35.9 Å². The smallest absolute Gasteiger partial charge is 0.331 e. The van der Waals surface area contributed by atoms with Gasteiger partial charge in [0.1, 0.15) is 5.75 Å². The average Bonchev–Trinajstić information content (AvgIpc) is 3.05. The molecular formula is C16H19NO4. The van der Waals surface area contributed by atoms with Crippen molar-refractivity contribution in [3.63, 3.8) is 0 Å². The summed E-state index contributed by atoms with van der Waals surface area (Å²) >= 11 is 0. The monoisotopic (exact) mass is 289 g/mol. The number of methoxy groups -OCH3 is 1. The maximum atomic E-state index is 11.7. The molecule has 0 aromatic heterocycles. The van der Waals surface area contributed by atoms with Gasteiger partial charge in [-0.15, -0.1) is 0 Å². The molecule has 1 aromatic rings. The Balaban J connectivity index is 1.83. The normalized spacial score (nSPS) is 14.4. The fourth-order valence-corrected chi connectivity index (χ4v) is 2.20. The van der Waals surface area contributed by atoms with Crippen molar-refractivity contribution in [2.75, 3.05) is 26.8 Å². The molecule has 1 aliphatic heterocycles. The summed E-state index contributed by atoms with van der Waals surface area (Å²) in [5, 5.41) is 0. The van der Waals surface area contributed by atoms with Gasteiger partial charge in [-0.1, -0.05) is 18.2 Å². The van der Waals surface area contributed by atoms with E-state index in [0.29, 0.717) is 5.75 Å². The number of rotatable bonds is 5. The molecule has 0 bridgehead atoms. The van der Waals surface area contributed by atoms with E-state index in [2.05, 4.69) is 0 Å². The van der Waals surface area contributed by atoms with E-state index in [4.69, 9.17) is 9.47 Å². The lowest BCUT2D eigenvalue weighted by Gasteiger charge is -2.14. The third-order valence-corrected chi connectivity index (χ3v) is 3.33. The zero-order valence-corrected chi connectivity index (χ0v) is 12.1. The van der Waals surface area contributed by atoms with Crippen molar-refractivity contribution in [1.82, 2.24) is 4.90 Å². The number of para-hydroxylation sites is 1. The van der Waals surface area contributed by atoms with Gasteiger partial charge in [-0.2, -0.15) is 0 Å². The lowest BCUT2D eigenvalue weighted by molar-refractivity contribution is -0.147. The van der Waals surface area contributed by atoms with Crippen molar-refractivity contribution in [2.45, 2.75) is 12.8 Å². The first-order valence-corrected chi connectivity index (χ1v) is 6.96. The minimum absolute atomic E-state index is 0.133. The Kier molecular flexibility index (Phi) is 5.37. The number of carbonyl (C=O) groups is 2. The summed E-state index contributed by atoms with van der Waals surface area (Å²) in [7, 11) is 1.57. The number of hydrogen-bond donors (Lipinski definition) is 0. The zero-order chi connectivity index (χ0) is 15.1. The summed E-state index contributed by atoms with van der Waals surface area (Å²) in [4.78, 5) is 25.1. The van der Waals surface area contributed by atoms with Crippen LogP contribution in [-0.2, 0) is 14.3 Å². The third kappa shape index (κ3) is 4.34. The molecule has 5 nitrogen and oxygen atoms in total. The van der Waals surface area contributed by atoms with E-state index in [1.165, 1.54) is 6.08 Å². The molecule has 0 atom stereocenters. The second-order valence-corrected chi connectivity index (χ2v) is 4.77. The Bertz CT molecular complexity index is 533. The van der Waals surface area contributed by atoms with Gasteiger partial charge in [0, 0.05) is 24.7 Å². The lowest BCUT2D eigenvalue weighted by atomic mass is 10.2. The number of amides is 1. The minimum atomic E-state index is -0.534. The molecule has 1 amide bonds. The molecule has 2 rings (SSSR count). The van der Waals surface area contributed by atoms with E-state index in [-0.39, 0.29) is 12.5 Å². The SMILES string of the molecule is COc1ccccc1C=CC(=O)OCC(=O)N1CCCC1. The highest BCUT2D eigenvalue weighted by molar-refractivity contribution is 5.89. The van der Waals surface area contributed by atoms with Gasteiger partial charge in [-0.25, -0.2) is 4.79 Å². The molecule has 1 aromatic carbocycles. The summed E-state index contributed by atoms with van der Waals surface area (Å²) in [5.74, 6) is 0.00897. The molecule has 21 heavy (non-hydrogen) atoms. The largest absolute Gasteiger partial charge is 0.496 e. The molecule has 0 aliphatic carbocycles. The average molecular weight is 289 g/mol. The van der Waals surface area contributed by atoms with Gasteiger partial charge in [0.25, 0.3) is 5.91 Å². The van der Waals surface area contributed by atoms with Crippen molar-refractivity contribution in [3.8, 4) is 5.75 Å². The fraction of sp³-hybridized carbons (Fsp3) is 0.375. The maximum Gasteiger partial charge on any atom is 0.331 e. The first-order valence-electron chi connectivity index (χ1n) is 6.96. The highest BCUT2D eigenvalue weighted by Crippen LogP contribution is 2.18. The molecule has 0 unspecified atom stereocenters. The number of hydrogen-bond acceptors (Lipinski definition) is 4. The standard InChI is InChI=1S/C16H19NO4/c1-20-14-7-3-2-6-13(14)8-9-16(19)21-12-15(18)17-10-4-5-11-17/h2-3,6-9H,4-5,10-12H2,1H3. The van der Waals surface area contributed by atoms with Crippen LogP contribution in [0.1, 0.15) is 18.4 Å². The maximum absolute atomic E-state index is 11.7. The van der Waals surface area contributed by atoms with E-state index in [9.17, 15) is 9.59 Å². The number of benzene rings is 1. The van der Waals surface area contributed by atoms with Crippen molar-refractivity contribution < 1.29 is 19.1 Å². The van der Waals surface area contributed by atoms with E-state index < -0.39 is 5.97 Å². The Labute approximate surface area is 124 Å². The molecular weight excluding hydrogens is 270 g/mol. The van der Waals surface area contributed by atoms with E-state index in [1.807, 2.05) is 24.3 Å². The highest BCUT2D eigenvalue weighted by atomic mass is 16.5. The second-order valence-electron chi connectivity index (χ2n) is 4.77. The Morgan fingerprint density at radius 1 is 1.24 bits per heavy atom. The van der Waals surface area contributed by atoms with Gasteiger partial charge in [-0.05, 0) is 25.0 Å². The second kappa shape index (κ2) is 7.47. The van der Waals surface area contributed by atoms with E-state index in [1.54, 1.807) is 18.1 Å². The molecule has 1 saturated heterocycles. The molecule has 0 spiro atoms. The first kappa shape index (κ1) is 15.1. The summed E-state index contributed by atoms with van der Waals surface area (Å²) in [6.45, 7) is 1.32. The van der Waals surface area contributed by atoms with Crippen molar-refractivity contribution in [2.24, 2.45) is 0 Å². The molecule has 0 radical (unpaired) electrons. The van der Waals surface area contributed by atoms with Crippen LogP contribution in [0.4, 0.5) is 0 Å². The summed E-state index contributed by atoms with van der Waals surface area (Å²) in [5.41, 5.74) is 0.780. The van der Waals surface area contributed by atoms with Crippen LogP contribution < -0.4 is 4.74 Å². The van der Waals surface area contributed by atoms with Gasteiger partial charge >= 0.3 is 5.97 Å². The van der Waals surface area contributed by atoms with Gasteiger partial charge in [0.05, 0.1) is 7.11 Å². The van der Waals surface area contributed by atoms with Crippen molar-refractivity contribution in [1.29, 1.82) is 0 Å². The molecule has 112 valence electrons. The minimum Gasteiger partial charge on any atom is -0.496 e. The number of likely N-dealkylation sites (tertiary alicyclic amines) is 1. The summed E-state index contributed by atoms with van der Waals surface area (Å²) < 4.78 is 10.1. The van der Waals surface area contributed by atoms with Crippen LogP contribution in [-0.4, -0.2) is 43.6 Å². The molecule has 1 fully saturated rings. The van der Waals surface area contributed by atoms with E-state index in [0.717, 1.165) is 31.5 Å². The summed E-state index contributed by atoms with van der Waals surface area (Å²) in [6, 6.07) is 7.34. The number of ether oxygens (including phenoxy) is 2. The van der Waals surface area contributed by atoms with Crippen LogP contribution in [0.2, 0.25) is 0 Å². The van der Waals surface area contributed by atoms with E-state index >= 15 is 0 Å². The predicted molar refractivity (Wildman–Crippen MR) is 78.8 cm³/mol. The number of nitrogens with zero attached hydrogens (tertiary/aromatic N) is 1. The van der Waals surface area contributed by atoms with Crippen LogP contribution in [0, 0.1) is 0 Å². The summed E-state index contributed by atoms with van der Waals surface area (Å²) in [6.07, 6.45) is 4.96. The quantitative estimate of drug-likeness (QED) is 0.613. The van der Waals surface area contributed by atoms with Crippen LogP contribution >= 0.6 is 0 Å². The lowest BCUT2D eigenvalue weighted by Crippen LogP contribution is -2.31. The fourth-order valence-electron chi connectivity index (χ4n) is 2.20.